The van der Waals surface area contributed by atoms with E-state index in [1.165, 1.54) is 0 Å². The lowest BCUT2D eigenvalue weighted by Gasteiger charge is -2.25. The standard InChI is InChI=1S/C22H19N5O/c1-2-26-11-8-16(14-21(26)28)15-9-12-27-20(13-15)24-25-22(27)18-7-10-23-19-6-4-3-5-17(18)19/h3-14,20,24H,2H2,1H3. The number of benzene rings is 1. The number of para-hydroxylation sites is 1. The Morgan fingerprint density at radius 2 is 2.07 bits per heavy atom. The van der Waals surface area contributed by atoms with Crippen molar-refractivity contribution in [2.24, 2.45) is 5.10 Å². The third kappa shape index (κ3) is 2.62. The summed E-state index contributed by atoms with van der Waals surface area (Å²) in [5.41, 5.74) is 7.10. The van der Waals surface area contributed by atoms with E-state index in [-0.39, 0.29) is 11.7 Å². The molecule has 3 aromatic rings. The fraction of sp³-hybridized carbons (Fsp3) is 0.136. The van der Waals surface area contributed by atoms with Gasteiger partial charge in [0.25, 0.3) is 5.56 Å². The third-order valence-corrected chi connectivity index (χ3v) is 5.16. The van der Waals surface area contributed by atoms with Gasteiger partial charge in [0.15, 0.2) is 5.84 Å². The summed E-state index contributed by atoms with van der Waals surface area (Å²) in [6, 6.07) is 13.7. The summed E-state index contributed by atoms with van der Waals surface area (Å²) >= 11 is 0. The zero-order valence-electron chi connectivity index (χ0n) is 15.4. The van der Waals surface area contributed by atoms with Crippen LogP contribution in [-0.4, -0.2) is 26.5 Å². The average molecular weight is 369 g/mol. The average Bonchev–Trinajstić information content (AvgIpc) is 3.16. The van der Waals surface area contributed by atoms with Crippen molar-refractivity contribution in [3.05, 3.63) is 94.7 Å². The van der Waals surface area contributed by atoms with Crippen molar-refractivity contribution in [1.29, 1.82) is 0 Å². The van der Waals surface area contributed by atoms with Gasteiger partial charge in [0.05, 0.1) is 5.52 Å². The summed E-state index contributed by atoms with van der Waals surface area (Å²) in [5.74, 6) is 0.858. The number of aryl methyl sites for hydroxylation is 1. The summed E-state index contributed by atoms with van der Waals surface area (Å²) in [5, 5.41) is 5.64. The van der Waals surface area contributed by atoms with Gasteiger partial charge in [-0.25, -0.2) is 0 Å². The van der Waals surface area contributed by atoms with Crippen molar-refractivity contribution in [2.75, 3.05) is 0 Å². The Bertz CT molecular complexity index is 1220. The molecule has 0 saturated heterocycles. The Kier molecular flexibility index (Phi) is 3.83. The molecule has 0 bridgehead atoms. The summed E-state index contributed by atoms with van der Waals surface area (Å²) in [7, 11) is 0. The van der Waals surface area contributed by atoms with Gasteiger partial charge in [-0.15, -0.1) is 0 Å². The van der Waals surface area contributed by atoms with Crippen LogP contribution in [-0.2, 0) is 6.54 Å². The number of rotatable bonds is 3. The van der Waals surface area contributed by atoms with E-state index in [0.29, 0.717) is 6.54 Å². The molecule has 2 aromatic heterocycles. The number of allylic oxidation sites excluding steroid dienone is 2. The predicted octanol–water partition coefficient (Wildman–Crippen LogP) is 2.92. The van der Waals surface area contributed by atoms with E-state index >= 15 is 0 Å². The van der Waals surface area contributed by atoms with Crippen LogP contribution in [0.3, 0.4) is 0 Å². The SMILES string of the molecule is CCn1ccc(C2=CC3NN=C(c4ccnc5ccccc45)N3C=C2)cc1=O. The van der Waals surface area contributed by atoms with E-state index in [2.05, 4.69) is 32.6 Å². The normalized spacial score (nSPS) is 17.9. The number of fused-ring (bicyclic) bond motifs is 2. The molecule has 2 aliphatic rings. The van der Waals surface area contributed by atoms with Crippen LogP contribution in [0, 0.1) is 0 Å². The highest BCUT2D eigenvalue weighted by Gasteiger charge is 2.29. The van der Waals surface area contributed by atoms with Gasteiger partial charge in [-0.3, -0.25) is 15.2 Å². The maximum Gasteiger partial charge on any atom is 0.251 e. The second-order valence-corrected chi connectivity index (χ2v) is 6.77. The highest BCUT2D eigenvalue weighted by molar-refractivity contribution is 6.10. The number of hydrazone groups is 1. The second kappa shape index (κ2) is 6.49. The number of hydrogen-bond donors (Lipinski definition) is 1. The van der Waals surface area contributed by atoms with E-state index < -0.39 is 0 Å². The number of hydrogen-bond acceptors (Lipinski definition) is 5. The van der Waals surface area contributed by atoms with Crippen molar-refractivity contribution in [3.63, 3.8) is 0 Å². The zero-order chi connectivity index (χ0) is 19.1. The molecule has 28 heavy (non-hydrogen) atoms. The molecule has 0 fully saturated rings. The Morgan fingerprint density at radius 3 is 2.93 bits per heavy atom. The van der Waals surface area contributed by atoms with Crippen molar-refractivity contribution in [2.45, 2.75) is 19.6 Å². The topological polar surface area (TPSA) is 62.5 Å². The fourth-order valence-electron chi connectivity index (χ4n) is 3.68. The zero-order valence-corrected chi connectivity index (χ0v) is 15.4. The molecule has 1 atom stereocenters. The van der Waals surface area contributed by atoms with Crippen molar-refractivity contribution in [1.82, 2.24) is 19.9 Å². The quantitative estimate of drug-likeness (QED) is 0.771. The molecule has 6 heteroatoms. The van der Waals surface area contributed by atoms with Gasteiger partial charge >= 0.3 is 0 Å². The summed E-state index contributed by atoms with van der Waals surface area (Å²) < 4.78 is 1.69. The molecule has 6 nitrogen and oxygen atoms in total. The molecule has 0 radical (unpaired) electrons. The third-order valence-electron chi connectivity index (χ3n) is 5.16. The van der Waals surface area contributed by atoms with Crippen LogP contribution in [0.4, 0.5) is 0 Å². The predicted molar refractivity (Wildman–Crippen MR) is 111 cm³/mol. The molecular formula is C22H19N5O. The largest absolute Gasteiger partial charge is 0.316 e. The highest BCUT2D eigenvalue weighted by Crippen LogP contribution is 2.27. The van der Waals surface area contributed by atoms with Gasteiger partial charge in [-0.2, -0.15) is 5.10 Å². The van der Waals surface area contributed by atoms with Crippen LogP contribution in [0.5, 0.6) is 0 Å². The van der Waals surface area contributed by atoms with Crippen LogP contribution in [0.25, 0.3) is 16.5 Å². The van der Waals surface area contributed by atoms with Crippen LogP contribution in [0.15, 0.2) is 83.1 Å². The lowest BCUT2D eigenvalue weighted by Crippen LogP contribution is -2.36. The van der Waals surface area contributed by atoms with Gasteiger partial charge in [-0.1, -0.05) is 18.2 Å². The molecule has 5 rings (SSSR count). The van der Waals surface area contributed by atoms with E-state index in [9.17, 15) is 4.79 Å². The van der Waals surface area contributed by atoms with Gasteiger partial charge in [-0.05, 0) is 48.4 Å². The molecule has 0 spiro atoms. The van der Waals surface area contributed by atoms with Crippen LogP contribution >= 0.6 is 0 Å². The first-order valence-electron chi connectivity index (χ1n) is 9.31. The lowest BCUT2D eigenvalue weighted by atomic mass is 10.0. The first kappa shape index (κ1) is 16.5. The number of pyridine rings is 2. The van der Waals surface area contributed by atoms with E-state index in [0.717, 1.165) is 33.4 Å². The summed E-state index contributed by atoms with van der Waals surface area (Å²) in [6.45, 7) is 2.63. The van der Waals surface area contributed by atoms with Crippen LogP contribution in [0.1, 0.15) is 18.1 Å². The first-order valence-corrected chi connectivity index (χ1v) is 9.31. The fourth-order valence-corrected chi connectivity index (χ4v) is 3.68. The second-order valence-electron chi connectivity index (χ2n) is 6.77. The van der Waals surface area contributed by atoms with Crippen molar-refractivity contribution >= 4 is 22.3 Å². The van der Waals surface area contributed by atoms with E-state index in [4.69, 9.17) is 0 Å². The minimum Gasteiger partial charge on any atom is -0.316 e. The first-order chi connectivity index (χ1) is 13.7. The van der Waals surface area contributed by atoms with E-state index in [1.807, 2.05) is 61.9 Å². The minimum atomic E-state index is -0.0875. The van der Waals surface area contributed by atoms with Crippen LogP contribution in [0.2, 0.25) is 0 Å². The molecule has 138 valence electrons. The Hall–Kier alpha value is -3.67. The van der Waals surface area contributed by atoms with Crippen LogP contribution < -0.4 is 11.0 Å². The Balaban J connectivity index is 1.48. The number of nitrogens with one attached hydrogen (secondary N) is 1. The lowest BCUT2D eigenvalue weighted by molar-refractivity contribution is 0.447. The number of nitrogens with zero attached hydrogens (tertiary/aromatic N) is 4. The number of amidine groups is 1. The molecule has 0 aliphatic carbocycles. The molecular weight excluding hydrogens is 350 g/mol. The van der Waals surface area contributed by atoms with Crippen molar-refractivity contribution in [3.8, 4) is 0 Å². The maximum absolute atomic E-state index is 12.2. The number of aromatic nitrogens is 2. The molecule has 1 N–H and O–H groups in total. The minimum absolute atomic E-state index is 0.0105. The molecule has 1 unspecified atom stereocenters. The van der Waals surface area contributed by atoms with Gasteiger partial charge < -0.3 is 9.47 Å². The van der Waals surface area contributed by atoms with Crippen molar-refractivity contribution < 1.29 is 0 Å². The van der Waals surface area contributed by atoms with Gasteiger partial charge in [0, 0.05) is 42.2 Å². The monoisotopic (exact) mass is 369 g/mol. The summed E-state index contributed by atoms with van der Waals surface area (Å²) in [6.07, 6.45) is 9.69. The van der Waals surface area contributed by atoms with E-state index in [1.54, 1.807) is 10.6 Å². The smallest absolute Gasteiger partial charge is 0.251 e. The molecule has 0 amide bonds. The summed E-state index contributed by atoms with van der Waals surface area (Å²) in [4.78, 5) is 18.7. The molecule has 4 heterocycles. The van der Waals surface area contributed by atoms with Gasteiger partial charge in [0.2, 0.25) is 0 Å². The molecule has 0 saturated carbocycles. The Morgan fingerprint density at radius 1 is 1.18 bits per heavy atom. The maximum atomic E-state index is 12.2. The molecule has 2 aliphatic heterocycles. The highest BCUT2D eigenvalue weighted by atomic mass is 16.1. The Labute approximate surface area is 162 Å². The molecule has 1 aromatic carbocycles. The van der Waals surface area contributed by atoms with Gasteiger partial charge in [0.1, 0.15) is 6.17 Å².